The number of aryl methyl sites for hydroxylation is 1. The number of fused-ring (bicyclic) bond motifs is 1. The highest BCUT2D eigenvalue weighted by atomic mass is 16.5. The lowest BCUT2D eigenvalue weighted by Gasteiger charge is -2.55. The Labute approximate surface area is 328 Å². The summed E-state index contributed by atoms with van der Waals surface area (Å²) >= 11 is 0. The molecule has 13 nitrogen and oxygen atoms in total. The maximum absolute atomic E-state index is 13.1. The molecule has 1 atom stereocenters. The van der Waals surface area contributed by atoms with Gasteiger partial charge in [0.15, 0.2) is 0 Å². The van der Waals surface area contributed by atoms with Crippen molar-refractivity contribution in [1.82, 2.24) is 24.7 Å². The van der Waals surface area contributed by atoms with Crippen molar-refractivity contribution in [2.24, 2.45) is 12.5 Å². The zero-order valence-electron chi connectivity index (χ0n) is 33.2. The quantitative estimate of drug-likeness (QED) is 0.175. The van der Waals surface area contributed by atoms with Gasteiger partial charge in [-0.15, -0.1) is 0 Å². The number of amides is 1. The number of hydrogen-bond acceptors (Lipinski definition) is 11. The maximum atomic E-state index is 13.1. The van der Waals surface area contributed by atoms with Crippen LogP contribution < -0.4 is 30.1 Å². The molecular weight excluding hydrogens is 711 g/mol. The van der Waals surface area contributed by atoms with Gasteiger partial charge in [0.1, 0.15) is 29.9 Å². The van der Waals surface area contributed by atoms with Crippen LogP contribution in [0.15, 0.2) is 53.6 Å². The van der Waals surface area contributed by atoms with E-state index in [2.05, 4.69) is 43.2 Å². The van der Waals surface area contributed by atoms with Crippen LogP contribution in [0.4, 0.5) is 11.5 Å². The molecule has 0 bridgehead atoms. The third-order valence-corrected chi connectivity index (χ3v) is 12.2. The van der Waals surface area contributed by atoms with Gasteiger partial charge in [0, 0.05) is 99.8 Å². The monoisotopic (exact) mass is 763 g/mol. The molecule has 3 aliphatic heterocycles. The van der Waals surface area contributed by atoms with Crippen LogP contribution in [0.3, 0.4) is 0 Å². The normalized spacial score (nSPS) is 17.0. The average Bonchev–Trinajstić information content (AvgIpc) is 3.18. The summed E-state index contributed by atoms with van der Waals surface area (Å²) in [4.78, 5) is 62.3. The van der Waals surface area contributed by atoms with Gasteiger partial charge in [0.2, 0.25) is 5.91 Å². The van der Waals surface area contributed by atoms with Gasteiger partial charge in [-0.3, -0.25) is 24.2 Å². The lowest BCUT2D eigenvalue weighted by atomic mass is 9.71. The van der Waals surface area contributed by atoms with Crippen molar-refractivity contribution in [3.05, 3.63) is 75.8 Å². The molecule has 0 aliphatic carbocycles. The molecule has 56 heavy (non-hydrogen) atoms. The third-order valence-electron chi connectivity index (χ3n) is 12.2. The fourth-order valence-corrected chi connectivity index (χ4v) is 8.49. The van der Waals surface area contributed by atoms with E-state index >= 15 is 0 Å². The molecule has 3 saturated heterocycles. The Hall–Kier alpha value is -5.27. The van der Waals surface area contributed by atoms with Crippen LogP contribution in [-0.4, -0.2) is 111 Å². The van der Waals surface area contributed by atoms with Crippen LogP contribution in [-0.2, 0) is 29.7 Å². The highest BCUT2D eigenvalue weighted by Crippen LogP contribution is 2.44. The van der Waals surface area contributed by atoms with Gasteiger partial charge in [-0.25, -0.2) is 4.98 Å². The van der Waals surface area contributed by atoms with Gasteiger partial charge in [0.05, 0.1) is 31.2 Å². The zero-order chi connectivity index (χ0) is 39.6. The van der Waals surface area contributed by atoms with Crippen molar-refractivity contribution in [2.45, 2.75) is 51.2 Å². The molecule has 4 aromatic rings. The van der Waals surface area contributed by atoms with Gasteiger partial charge in [0.25, 0.3) is 5.56 Å². The van der Waals surface area contributed by atoms with Crippen LogP contribution >= 0.6 is 0 Å². The van der Waals surface area contributed by atoms with Gasteiger partial charge < -0.3 is 34.0 Å². The number of carbonyl (C=O) groups excluding carboxylic acids is 3. The van der Waals surface area contributed by atoms with Gasteiger partial charge in [-0.05, 0) is 93.3 Å². The summed E-state index contributed by atoms with van der Waals surface area (Å²) in [7, 11) is 8.60. The molecule has 2 aromatic carbocycles. The summed E-state index contributed by atoms with van der Waals surface area (Å²) in [5.41, 5.74) is 5.54. The predicted octanol–water partition coefficient (Wildman–Crippen LogP) is 4.27. The molecule has 1 spiro atoms. The van der Waals surface area contributed by atoms with E-state index in [4.69, 9.17) is 9.47 Å². The number of likely N-dealkylation sites (N-methyl/N-ethyl adjacent to an activating group) is 1. The first-order chi connectivity index (χ1) is 27.1. The van der Waals surface area contributed by atoms with E-state index in [1.54, 1.807) is 39.1 Å². The largest absolute Gasteiger partial charge is 0.496 e. The minimum Gasteiger partial charge on any atom is -0.496 e. The first kappa shape index (κ1) is 39.0. The van der Waals surface area contributed by atoms with E-state index < -0.39 is 6.04 Å². The summed E-state index contributed by atoms with van der Waals surface area (Å²) in [5, 5.41) is 4.05. The van der Waals surface area contributed by atoms with Gasteiger partial charge in [-0.2, -0.15) is 0 Å². The van der Waals surface area contributed by atoms with Crippen LogP contribution in [0.1, 0.15) is 53.6 Å². The van der Waals surface area contributed by atoms with E-state index in [1.807, 2.05) is 36.3 Å². The molecule has 2 aromatic heterocycles. The number of nitrogens with one attached hydrogen (secondary N) is 1. The molecule has 5 heterocycles. The van der Waals surface area contributed by atoms with Crippen molar-refractivity contribution in [2.75, 3.05) is 77.4 Å². The van der Waals surface area contributed by atoms with E-state index in [0.717, 1.165) is 122 Å². The summed E-state index contributed by atoms with van der Waals surface area (Å²) < 4.78 is 13.6. The number of nitrogens with zero attached hydrogens (tertiary/aromatic N) is 6. The number of anilines is 2. The Bertz CT molecular complexity index is 2140. The summed E-state index contributed by atoms with van der Waals surface area (Å²) in [6.45, 7) is 6.85. The van der Waals surface area contributed by atoms with Crippen LogP contribution in [0, 0.1) is 5.41 Å². The highest BCUT2D eigenvalue weighted by Gasteiger charge is 2.45. The number of aldehydes is 2. The fourth-order valence-electron chi connectivity index (χ4n) is 8.49. The second kappa shape index (κ2) is 16.4. The van der Waals surface area contributed by atoms with Crippen molar-refractivity contribution in [1.29, 1.82) is 0 Å². The molecule has 0 saturated carbocycles. The number of rotatable bonds is 15. The van der Waals surface area contributed by atoms with Gasteiger partial charge in [-0.1, -0.05) is 0 Å². The topological polar surface area (TPSA) is 130 Å². The van der Waals surface area contributed by atoms with E-state index in [9.17, 15) is 19.2 Å². The first-order valence-electron chi connectivity index (χ1n) is 19.5. The number of ether oxygens (including phenoxy) is 2. The average molecular weight is 764 g/mol. The molecule has 3 fully saturated rings. The molecule has 1 amide bonds. The highest BCUT2D eigenvalue weighted by molar-refractivity contribution is 5.97. The third kappa shape index (κ3) is 7.74. The maximum Gasteiger partial charge on any atom is 0.259 e. The van der Waals surface area contributed by atoms with E-state index in [0.29, 0.717) is 30.5 Å². The molecule has 7 rings (SSSR count). The summed E-state index contributed by atoms with van der Waals surface area (Å²) in [5.74, 6) is 2.28. The second-order valence-electron chi connectivity index (χ2n) is 15.7. The van der Waals surface area contributed by atoms with Crippen LogP contribution in [0.25, 0.3) is 21.9 Å². The predicted molar refractivity (Wildman–Crippen MR) is 218 cm³/mol. The fraction of sp³-hybridized carbons (Fsp3) is 0.465. The standard InChI is InChI=1S/C43H53N7O6/c1-44-41(53)10-9-33(26-52)46(2)22-31-17-32(8-7-29(31)25-51)50-27-43(28-50)11-15-48(16-12-43)24-37-38(55-4)18-30(19-39(37)56-5)36-23-47(3)42(54)35-21-45-40(20-34(35)36)49-13-6-14-49/h7-8,17-21,23,25-26,33H,6,9-16,22,24,27-28H2,1-5H3,(H,44,53). The Kier molecular flexibility index (Phi) is 11.5. The van der Waals surface area contributed by atoms with E-state index in [1.165, 1.54) is 0 Å². The number of methoxy groups -OCH3 is 2. The van der Waals surface area contributed by atoms with Crippen molar-refractivity contribution in [3.8, 4) is 22.6 Å². The SMILES string of the molecule is CNC(=O)CCC(C=O)N(C)Cc1cc(N2CC3(CCN(Cc4c(OC)cc(-c5cn(C)c(=O)c6cnc(N7CCC7)cc56)cc4OC)CC3)C2)ccc1C=O. The second-order valence-corrected chi connectivity index (χ2v) is 15.7. The summed E-state index contributed by atoms with van der Waals surface area (Å²) in [6, 6.07) is 11.7. The Morgan fingerprint density at radius 2 is 1.71 bits per heavy atom. The first-order valence-corrected chi connectivity index (χ1v) is 19.5. The smallest absolute Gasteiger partial charge is 0.259 e. The minimum absolute atomic E-state index is 0.0798. The minimum atomic E-state index is -0.423. The number of aromatic nitrogens is 2. The Morgan fingerprint density at radius 3 is 2.32 bits per heavy atom. The number of hydrogen-bond donors (Lipinski definition) is 1. The lowest BCUT2D eigenvalue weighted by Crippen LogP contribution is -2.60. The number of benzene rings is 2. The van der Waals surface area contributed by atoms with Crippen LogP contribution in [0.2, 0.25) is 0 Å². The van der Waals surface area contributed by atoms with Crippen molar-refractivity contribution >= 4 is 40.8 Å². The van der Waals surface area contributed by atoms with Crippen molar-refractivity contribution in [3.63, 3.8) is 0 Å². The molecular formula is C43H53N7O6. The van der Waals surface area contributed by atoms with E-state index in [-0.39, 0.29) is 23.3 Å². The molecule has 3 aliphatic rings. The number of pyridine rings is 2. The molecule has 296 valence electrons. The number of piperidine rings is 1. The molecule has 1 N–H and O–H groups in total. The molecule has 13 heteroatoms. The lowest BCUT2D eigenvalue weighted by molar-refractivity contribution is -0.121. The van der Waals surface area contributed by atoms with Crippen molar-refractivity contribution < 1.29 is 23.9 Å². The summed E-state index contributed by atoms with van der Waals surface area (Å²) in [6.07, 6.45) is 9.29. The number of likely N-dealkylation sites (tertiary alicyclic amines) is 1. The van der Waals surface area contributed by atoms with Gasteiger partial charge >= 0.3 is 0 Å². The van der Waals surface area contributed by atoms with Crippen LogP contribution in [0.5, 0.6) is 11.5 Å². The Balaban J connectivity index is 1.02. The molecule has 1 unspecified atom stereocenters. The molecule has 0 radical (unpaired) electrons. The number of carbonyl (C=O) groups is 3. The zero-order valence-corrected chi connectivity index (χ0v) is 33.2. The Morgan fingerprint density at radius 1 is 1.00 bits per heavy atom.